The maximum atomic E-state index is 14.0. The molecule has 1 saturated heterocycles. The van der Waals surface area contributed by atoms with Crippen LogP contribution in [0.1, 0.15) is 57.7 Å². The van der Waals surface area contributed by atoms with Gasteiger partial charge in [0.2, 0.25) is 0 Å². The topological polar surface area (TPSA) is 114 Å². The lowest BCUT2D eigenvalue weighted by atomic mass is 9.84. The first-order valence-corrected chi connectivity index (χ1v) is 13.3. The van der Waals surface area contributed by atoms with Crippen molar-refractivity contribution in [2.75, 3.05) is 6.61 Å². The standard InChI is InChI=1S/C29H27F3N6O3/c30-29(31,32)21-12-18(11-19(13-21)25(39)37-16-23-24(17-37)35-9-8-34-23)15-38-26(40)28(36-27(38)33,14-22-7-4-10-41-22)20-5-2-1-3-6-20/h1-3,5-6,8-9,11-13,22H,4,7,10,14-17H2,(H2,33,36). The van der Waals surface area contributed by atoms with Gasteiger partial charge in [0.05, 0.1) is 42.7 Å². The molecule has 1 fully saturated rings. The molecule has 0 saturated carbocycles. The number of halogens is 3. The molecule has 3 aromatic rings. The third-order valence-electron chi connectivity index (χ3n) is 7.72. The van der Waals surface area contributed by atoms with E-state index in [1.54, 1.807) is 24.3 Å². The highest BCUT2D eigenvalue weighted by molar-refractivity contribution is 6.07. The summed E-state index contributed by atoms with van der Waals surface area (Å²) in [5.74, 6) is -1.15. The molecule has 2 amide bonds. The predicted molar refractivity (Wildman–Crippen MR) is 141 cm³/mol. The van der Waals surface area contributed by atoms with Gasteiger partial charge in [0.25, 0.3) is 11.8 Å². The summed E-state index contributed by atoms with van der Waals surface area (Å²) in [5, 5.41) is 0. The number of fused-ring (bicyclic) bond motifs is 1. The summed E-state index contributed by atoms with van der Waals surface area (Å²) in [6.07, 6.45) is -0.0298. The molecular formula is C29H27F3N6O3. The van der Waals surface area contributed by atoms with Gasteiger partial charge in [-0.2, -0.15) is 13.2 Å². The van der Waals surface area contributed by atoms with Crippen molar-refractivity contribution in [1.29, 1.82) is 0 Å². The number of carbonyl (C=O) groups excluding carboxylic acids is 2. The zero-order valence-electron chi connectivity index (χ0n) is 22.0. The molecule has 9 nitrogen and oxygen atoms in total. The van der Waals surface area contributed by atoms with E-state index >= 15 is 0 Å². The lowest BCUT2D eigenvalue weighted by molar-refractivity contribution is -0.137. The maximum Gasteiger partial charge on any atom is 0.416 e. The lowest BCUT2D eigenvalue weighted by Gasteiger charge is -2.29. The van der Waals surface area contributed by atoms with E-state index in [0.29, 0.717) is 23.6 Å². The van der Waals surface area contributed by atoms with Gasteiger partial charge in [-0.25, -0.2) is 4.99 Å². The number of aromatic nitrogens is 2. The number of alkyl halides is 3. The largest absolute Gasteiger partial charge is 0.416 e. The first-order chi connectivity index (χ1) is 19.6. The van der Waals surface area contributed by atoms with E-state index in [0.717, 1.165) is 25.0 Å². The summed E-state index contributed by atoms with van der Waals surface area (Å²) in [6.45, 7) is 0.574. The number of guanidine groups is 1. The molecule has 2 N–H and O–H groups in total. The number of rotatable bonds is 6. The monoisotopic (exact) mass is 564 g/mol. The molecule has 2 unspecified atom stereocenters. The SMILES string of the molecule is NC1=NC(CC2CCCO2)(c2ccccc2)C(=O)N1Cc1cc(C(=O)N2Cc3nccnc3C2)cc(C(F)(F)F)c1. The number of carbonyl (C=O) groups is 2. The van der Waals surface area contributed by atoms with Crippen molar-refractivity contribution in [2.45, 2.75) is 56.7 Å². The number of nitrogens with zero attached hydrogens (tertiary/aromatic N) is 5. The normalized spacial score (nSPS) is 22.3. The van der Waals surface area contributed by atoms with E-state index < -0.39 is 29.1 Å². The number of aliphatic imine (C=N–C) groups is 1. The minimum absolute atomic E-state index is 0.101. The van der Waals surface area contributed by atoms with Crippen LogP contribution in [-0.4, -0.2) is 50.3 Å². The Kier molecular flexibility index (Phi) is 6.72. The van der Waals surface area contributed by atoms with Crippen LogP contribution in [0.15, 0.2) is 65.9 Å². The molecule has 4 heterocycles. The molecule has 212 valence electrons. The Labute approximate surface area is 233 Å². The highest BCUT2D eigenvalue weighted by atomic mass is 19.4. The van der Waals surface area contributed by atoms with Crippen LogP contribution in [-0.2, 0) is 40.9 Å². The molecular weight excluding hydrogens is 537 g/mol. The van der Waals surface area contributed by atoms with Crippen LogP contribution in [0.25, 0.3) is 0 Å². The van der Waals surface area contributed by atoms with Crippen molar-refractivity contribution in [3.05, 3.63) is 94.6 Å². The van der Waals surface area contributed by atoms with Crippen LogP contribution >= 0.6 is 0 Å². The van der Waals surface area contributed by atoms with E-state index in [1.165, 1.54) is 28.3 Å². The second-order valence-corrected chi connectivity index (χ2v) is 10.5. The van der Waals surface area contributed by atoms with Crippen molar-refractivity contribution in [3.63, 3.8) is 0 Å². The third-order valence-corrected chi connectivity index (χ3v) is 7.72. The van der Waals surface area contributed by atoms with E-state index in [2.05, 4.69) is 15.0 Å². The second kappa shape index (κ2) is 10.3. The van der Waals surface area contributed by atoms with Gasteiger partial charge in [-0.15, -0.1) is 0 Å². The molecule has 41 heavy (non-hydrogen) atoms. The van der Waals surface area contributed by atoms with E-state index in [4.69, 9.17) is 10.5 Å². The molecule has 0 aliphatic carbocycles. The second-order valence-electron chi connectivity index (χ2n) is 10.5. The molecule has 0 spiro atoms. The van der Waals surface area contributed by atoms with Crippen LogP contribution in [0.2, 0.25) is 0 Å². The molecule has 3 aliphatic rings. The summed E-state index contributed by atoms with van der Waals surface area (Å²) in [5.41, 5.74) is 5.69. The number of hydrogen-bond acceptors (Lipinski definition) is 7. The minimum atomic E-state index is -4.72. The number of hydrogen-bond donors (Lipinski definition) is 1. The zero-order valence-corrected chi connectivity index (χ0v) is 22.0. The highest BCUT2D eigenvalue weighted by Crippen LogP contribution is 2.40. The van der Waals surface area contributed by atoms with Gasteiger partial charge in [-0.3, -0.25) is 24.5 Å². The van der Waals surface area contributed by atoms with Gasteiger partial charge in [0.15, 0.2) is 11.5 Å². The van der Waals surface area contributed by atoms with Gasteiger partial charge in [0.1, 0.15) is 0 Å². The fourth-order valence-corrected chi connectivity index (χ4v) is 5.73. The van der Waals surface area contributed by atoms with E-state index in [1.807, 2.05) is 6.07 Å². The maximum absolute atomic E-state index is 14.0. The fourth-order valence-electron chi connectivity index (χ4n) is 5.73. The molecule has 0 bridgehead atoms. The molecule has 2 aromatic carbocycles. The summed E-state index contributed by atoms with van der Waals surface area (Å²) >= 11 is 0. The Hall–Kier alpha value is -4.32. The first kappa shape index (κ1) is 26.9. The average Bonchev–Trinajstić information content (AvgIpc) is 3.69. The number of amides is 2. The highest BCUT2D eigenvalue weighted by Gasteiger charge is 2.51. The Bertz CT molecular complexity index is 1500. The number of nitrogens with two attached hydrogens (primary N) is 1. The van der Waals surface area contributed by atoms with Crippen molar-refractivity contribution < 1.29 is 27.5 Å². The van der Waals surface area contributed by atoms with Crippen LogP contribution in [0.4, 0.5) is 13.2 Å². The van der Waals surface area contributed by atoms with Gasteiger partial charge in [-0.1, -0.05) is 30.3 Å². The van der Waals surface area contributed by atoms with Crippen molar-refractivity contribution in [2.24, 2.45) is 10.7 Å². The summed E-state index contributed by atoms with van der Waals surface area (Å²) in [4.78, 5) is 43.0. The zero-order chi connectivity index (χ0) is 28.8. The third kappa shape index (κ3) is 5.03. The van der Waals surface area contributed by atoms with Crippen LogP contribution in [0, 0.1) is 0 Å². The molecule has 3 aliphatic heterocycles. The molecule has 0 radical (unpaired) electrons. The van der Waals surface area contributed by atoms with E-state index in [-0.39, 0.29) is 49.2 Å². The smallest absolute Gasteiger partial charge is 0.378 e. The quantitative estimate of drug-likeness (QED) is 0.488. The Morgan fingerprint density at radius 2 is 1.78 bits per heavy atom. The Balaban J connectivity index is 1.32. The van der Waals surface area contributed by atoms with Crippen LogP contribution in [0.3, 0.4) is 0 Å². The van der Waals surface area contributed by atoms with Crippen molar-refractivity contribution >= 4 is 17.8 Å². The summed E-state index contributed by atoms with van der Waals surface area (Å²) in [7, 11) is 0. The predicted octanol–water partition coefficient (Wildman–Crippen LogP) is 3.77. The van der Waals surface area contributed by atoms with Crippen molar-refractivity contribution in [1.82, 2.24) is 19.8 Å². The Morgan fingerprint density at radius 1 is 1.07 bits per heavy atom. The number of ether oxygens (including phenoxy) is 1. The fraction of sp³-hybridized carbons (Fsp3) is 0.345. The minimum Gasteiger partial charge on any atom is -0.378 e. The lowest BCUT2D eigenvalue weighted by Crippen LogP contribution is -2.44. The van der Waals surface area contributed by atoms with Gasteiger partial charge in [0, 0.05) is 31.0 Å². The average molecular weight is 565 g/mol. The molecule has 12 heteroatoms. The van der Waals surface area contributed by atoms with E-state index in [9.17, 15) is 22.8 Å². The van der Waals surface area contributed by atoms with Gasteiger partial charge in [-0.05, 0) is 42.2 Å². The van der Waals surface area contributed by atoms with Gasteiger partial charge >= 0.3 is 6.18 Å². The molecule has 6 rings (SSSR count). The number of benzene rings is 2. The molecule has 2 atom stereocenters. The Morgan fingerprint density at radius 3 is 2.41 bits per heavy atom. The van der Waals surface area contributed by atoms with Gasteiger partial charge < -0.3 is 15.4 Å². The van der Waals surface area contributed by atoms with Crippen LogP contribution < -0.4 is 5.73 Å². The summed E-state index contributed by atoms with van der Waals surface area (Å²) < 4.78 is 47.7. The first-order valence-electron chi connectivity index (χ1n) is 13.3. The summed E-state index contributed by atoms with van der Waals surface area (Å²) in [6, 6.07) is 12.1. The van der Waals surface area contributed by atoms with Crippen LogP contribution in [0.5, 0.6) is 0 Å². The molecule has 1 aromatic heterocycles. The van der Waals surface area contributed by atoms with Crippen molar-refractivity contribution in [3.8, 4) is 0 Å².